The summed E-state index contributed by atoms with van der Waals surface area (Å²) < 4.78 is 23.1. The lowest BCUT2D eigenvalue weighted by molar-refractivity contribution is -0.870. The van der Waals surface area contributed by atoms with Crippen LogP contribution in [0.4, 0.5) is 0 Å². The Morgan fingerprint density at radius 2 is 0.568 bits per heavy atom. The number of likely N-dealkylation sites (N-methyl/N-ethyl adjacent to an activating group) is 1. The van der Waals surface area contributed by atoms with E-state index in [1.807, 2.05) is 21.1 Å². The monoisotopic (exact) mass is 1330 g/mol. The first-order valence-electron chi connectivity index (χ1n) is 41.1. The lowest BCUT2D eigenvalue weighted by Crippen LogP contribution is -2.40. The molecule has 0 fully saturated rings. The Balaban J connectivity index is 3.96. The standard InChI is InChI=1S/C86H157NO8/c1-6-8-10-12-14-16-18-20-22-24-26-28-30-32-34-36-37-38-39-40-41-42-43-44-45-46-47-49-51-53-55-57-59-61-63-65-67-69-71-73-75-77-84(89)95-82(81-94-86(85(90)91)92-79-78-87(3,4)5)80-93-83(88)76-74-72-70-68-66-64-62-60-58-56-54-52-50-48-35-33-31-29-27-25-23-21-19-17-15-13-11-9-7-2/h18-21,24-27,30-33,82,86H,6-17,22-23,28-29,34-81H2,1-5H3/p+1/b20-18-,21-19-,26-24-,27-25-,32-30-,33-31-. The Kier molecular flexibility index (Phi) is 73.9. The van der Waals surface area contributed by atoms with Crippen LogP contribution >= 0.6 is 0 Å². The van der Waals surface area contributed by atoms with Crippen molar-refractivity contribution in [2.24, 2.45) is 0 Å². The highest BCUT2D eigenvalue weighted by Crippen LogP contribution is 2.19. The maximum atomic E-state index is 13.0. The number of carbonyl (C=O) groups is 3. The van der Waals surface area contributed by atoms with Crippen molar-refractivity contribution in [3.05, 3.63) is 72.9 Å². The largest absolute Gasteiger partial charge is 0.477 e. The number of rotatable bonds is 77. The Hall–Kier alpha value is -3.27. The van der Waals surface area contributed by atoms with Gasteiger partial charge in [-0.25, -0.2) is 4.79 Å². The summed E-state index contributed by atoms with van der Waals surface area (Å²) in [6, 6.07) is 0. The molecule has 9 nitrogen and oxygen atoms in total. The van der Waals surface area contributed by atoms with Gasteiger partial charge in [0.05, 0.1) is 34.4 Å². The predicted octanol–water partition coefficient (Wildman–Crippen LogP) is 26.4. The van der Waals surface area contributed by atoms with E-state index >= 15 is 0 Å². The van der Waals surface area contributed by atoms with Crippen molar-refractivity contribution in [1.82, 2.24) is 0 Å². The number of aliphatic carboxylic acids is 1. The van der Waals surface area contributed by atoms with E-state index in [1.54, 1.807) is 0 Å². The Bertz CT molecular complexity index is 1790. The Morgan fingerprint density at radius 3 is 0.842 bits per heavy atom. The summed E-state index contributed by atoms with van der Waals surface area (Å²) in [4.78, 5) is 37.7. The summed E-state index contributed by atoms with van der Waals surface area (Å²) in [7, 11) is 5.99. The smallest absolute Gasteiger partial charge is 0.361 e. The van der Waals surface area contributed by atoms with Crippen LogP contribution in [-0.2, 0) is 33.3 Å². The minimum Gasteiger partial charge on any atom is -0.477 e. The minimum absolute atomic E-state index is 0.179. The fourth-order valence-corrected chi connectivity index (χ4v) is 12.2. The number of carboxylic acid groups (broad SMARTS) is 1. The highest BCUT2D eigenvalue weighted by atomic mass is 16.7. The molecule has 0 spiro atoms. The lowest BCUT2D eigenvalue weighted by atomic mass is 10.0. The minimum atomic E-state index is -1.51. The number of esters is 2. The molecule has 0 amide bonds. The third-order valence-corrected chi connectivity index (χ3v) is 18.4. The summed E-state index contributed by atoms with van der Waals surface area (Å²) in [5.74, 6) is -1.98. The lowest BCUT2D eigenvalue weighted by Gasteiger charge is -2.25. The van der Waals surface area contributed by atoms with E-state index in [2.05, 4.69) is 86.8 Å². The maximum absolute atomic E-state index is 13.0. The number of carboxylic acids is 1. The van der Waals surface area contributed by atoms with Gasteiger partial charge in [-0.3, -0.25) is 9.59 Å². The van der Waals surface area contributed by atoms with Crippen LogP contribution < -0.4 is 0 Å². The quantitative estimate of drug-likeness (QED) is 0.0211. The molecule has 554 valence electrons. The van der Waals surface area contributed by atoms with Crippen LogP contribution in [-0.4, -0.2) is 87.4 Å². The van der Waals surface area contributed by atoms with Gasteiger partial charge in [0.2, 0.25) is 0 Å². The van der Waals surface area contributed by atoms with Gasteiger partial charge in [0.1, 0.15) is 13.2 Å². The van der Waals surface area contributed by atoms with E-state index < -0.39 is 18.4 Å². The zero-order valence-corrected chi connectivity index (χ0v) is 63.6. The molecule has 0 saturated carbocycles. The predicted molar refractivity (Wildman–Crippen MR) is 410 cm³/mol. The van der Waals surface area contributed by atoms with Gasteiger partial charge in [-0.1, -0.05) is 369 Å². The fraction of sp³-hybridized carbons (Fsp3) is 0.826. The third-order valence-electron chi connectivity index (χ3n) is 18.4. The number of nitrogens with zero attached hydrogens (tertiary/aromatic N) is 1. The molecular formula is C86H158NO8+. The second-order valence-corrected chi connectivity index (χ2v) is 29.1. The molecule has 0 aliphatic carbocycles. The van der Waals surface area contributed by atoms with Gasteiger partial charge >= 0.3 is 17.9 Å². The van der Waals surface area contributed by atoms with Crippen molar-refractivity contribution in [2.45, 2.75) is 411 Å². The number of hydrogen-bond donors (Lipinski definition) is 1. The van der Waals surface area contributed by atoms with Gasteiger partial charge in [0.25, 0.3) is 6.29 Å². The van der Waals surface area contributed by atoms with E-state index in [-0.39, 0.29) is 38.2 Å². The van der Waals surface area contributed by atoms with Crippen molar-refractivity contribution in [1.29, 1.82) is 0 Å². The summed E-state index contributed by atoms with van der Waals surface area (Å²) in [6.07, 6.45) is 101. The van der Waals surface area contributed by atoms with Gasteiger partial charge in [-0.05, 0) is 89.9 Å². The molecular weight excluding hydrogens is 1170 g/mol. The molecule has 0 rings (SSSR count). The highest BCUT2D eigenvalue weighted by molar-refractivity contribution is 5.71. The number of ether oxygens (including phenoxy) is 4. The summed E-state index contributed by atoms with van der Waals surface area (Å²) in [5, 5.41) is 9.78. The first kappa shape index (κ1) is 91.7. The van der Waals surface area contributed by atoms with Crippen LogP contribution in [0.25, 0.3) is 0 Å². The topological polar surface area (TPSA) is 108 Å². The number of carbonyl (C=O) groups excluding carboxylic acids is 2. The molecule has 0 saturated heterocycles. The van der Waals surface area contributed by atoms with Crippen molar-refractivity contribution in [3.63, 3.8) is 0 Å². The second kappa shape index (κ2) is 76.5. The summed E-state index contributed by atoms with van der Waals surface area (Å²) in [5.41, 5.74) is 0. The molecule has 0 aliphatic heterocycles. The second-order valence-electron chi connectivity index (χ2n) is 29.1. The first-order valence-corrected chi connectivity index (χ1v) is 41.1. The Morgan fingerprint density at radius 1 is 0.316 bits per heavy atom. The van der Waals surface area contributed by atoms with Crippen LogP contribution in [0.1, 0.15) is 399 Å². The number of quaternary nitrogens is 1. The van der Waals surface area contributed by atoms with Crippen LogP contribution in [0.3, 0.4) is 0 Å². The molecule has 9 heteroatoms. The molecule has 0 aromatic carbocycles. The molecule has 2 atom stereocenters. The molecule has 0 heterocycles. The first-order chi connectivity index (χ1) is 46.6. The van der Waals surface area contributed by atoms with Crippen molar-refractivity contribution in [3.8, 4) is 0 Å². The molecule has 0 bridgehead atoms. The SMILES string of the molecule is CCCCCCC/C=C\C/C=C\C/C=C\CCCCCCCCCCCCCCCCCCCCCCCCCCCCC(=O)OC(COC(=O)CCCCCCCCCCCCCCCC/C=C\C/C=C\C/C=C\CCCCCCC)COC(OCC[N+](C)(C)C)C(=O)O. The van der Waals surface area contributed by atoms with E-state index in [4.69, 9.17) is 18.9 Å². The van der Waals surface area contributed by atoms with Crippen LogP contribution in [0.15, 0.2) is 72.9 Å². The summed E-state index contributed by atoms with van der Waals surface area (Å²) >= 11 is 0. The van der Waals surface area contributed by atoms with Gasteiger partial charge in [-0.15, -0.1) is 0 Å². The number of unbranched alkanes of at least 4 members (excludes halogenated alkanes) is 50. The maximum Gasteiger partial charge on any atom is 0.361 e. The van der Waals surface area contributed by atoms with E-state index in [1.165, 1.54) is 308 Å². The molecule has 0 radical (unpaired) electrons. The van der Waals surface area contributed by atoms with Gasteiger partial charge < -0.3 is 28.5 Å². The summed E-state index contributed by atoms with van der Waals surface area (Å²) in [6.45, 7) is 4.91. The van der Waals surface area contributed by atoms with E-state index in [0.29, 0.717) is 17.4 Å². The average Bonchev–Trinajstić information content (AvgIpc) is 3.54. The molecule has 0 aromatic rings. The van der Waals surface area contributed by atoms with Crippen molar-refractivity contribution < 1.29 is 42.9 Å². The van der Waals surface area contributed by atoms with E-state index in [0.717, 1.165) is 64.2 Å². The average molecular weight is 1330 g/mol. The Labute approximate surface area is 589 Å². The van der Waals surface area contributed by atoms with Crippen LogP contribution in [0.2, 0.25) is 0 Å². The van der Waals surface area contributed by atoms with Crippen molar-refractivity contribution >= 4 is 17.9 Å². The number of hydrogen-bond acceptors (Lipinski definition) is 7. The molecule has 95 heavy (non-hydrogen) atoms. The van der Waals surface area contributed by atoms with Gasteiger partial charge in [0.15, 0.2) is 6.10 Å². The zero-order valence-electron chi connectivity index (χ0n) is 63.6. The molecule has 1 N–H and O–H groups in total. The van der Waals surface area contributed by atoms with Crippen LogP contribution in [0, 0.1) is 0 Å². The normalized spacial score (nSPS) is 13.0. The van der Waals surface area contributed by atoms with Crippen molar-refractivity contribution in [2.75, 3.05) is 47.5 Å². The van der Waals surface area contributed by atoms with E-state index in [9.17, 15) is 19.5 Å². The third kappa shape index (κ3) is 77.9. The van der Waals surface area contributed by atoms with Gasteiger partial charge in [-0.2, -0.15) is 0 Å². The highest BCUT2D eigenvalue weighted by Gasteiger charge is 2.25. The molecule has 2 unspecified atom stereocenters. The molecule has 0 aliphatic rings. The molecule has 0 aromatic heterocycles. The zero-order chi connectivity index (χ0) is 69.0. The number of allylic oxidation sites excluding steroid dienone is 12. The fourth-order valence-electron chi connectivity index (χ4n) is 12.2. The van der Waals surface area contributed by atoms with Gasteiger partial charge in [0, 0.05) is 12.8 Å². The van der Waals surface area contributed by atoms with Crippen LogP contribution in [0.5, 0.6) is 0 Å².